The first-order valence-electron chi connectivity index (χ1n) is 8.76. The topological polar surface area (TPSA) is 60.3 Å². The van der Waals surface area contributed by atoms with Crippen LogP contribution >= 0.6 is 0 Å². The Hall–Kier alpha value is -3.06. The predicted molar refractivity (Wildman–Crippen MR) is 97.1 cm³/mol. The molecule has 0 saturated carbocycles. The number of hydrogen-bond acceptors (Lipinski definition) is 4. The van der Waals surface area contributed by atoms with E-state index in [0.717, 1.165) is 11.3 Å². The maximum Gasteiger partial charge on any atom is 0.257 e. The van der Waals surface area contributed by atoms with Crippen LogP contribution in [-0.4, -0.2) is 45.3 Å². The average molecular weight is 366 g/mol. The molecule has 1 fully saturated rings. The van der Waals surface area contributed by atoms with E-state index in [1.807, 2.05) is 25.1 Å². The molecule has 0 aliphatic carbocycles. The monoisotopic (exact) mass is 366 g/mol. The molecule has 1 atom stereocenters. The van der Waals surface area contributed by atoms with Gasteiger partial charge in [0, 0.05) is 12.7 Å². The van der Waals surface area contributed by atoms with E-state index in [-0.39, 0.29) is 17.8 Å². The SMILES string of the molecule is Cc1c(C(=O)N2CCO[C@H](c3ccc(F)cc3)C2)cnn1-c1ccccn1. The summed E-state index contributed by atoms with van der Waals surface area (Å²) in [5.74, 6) is 0.283. The third-order valence-electron chi connectivity index (χ3n) is 4.70. The third-order valence-corrected chi connectivity index (χ3v) is 4.70. The molecule has 3 heterocycles. The first-order chi connectivity index (χ1) is 13.1. The minimum absolute atomic E-state index is 0.0925. The second-order valence-electron chi connectivity index (χ2n) is 6.41. The fourth-order valence-electron chi connectivity index (χ4n) is 3.21. The van der Waals surface area contributed by atoms with Crippen molar-refractivity contribution >= 4 is 5.91 Å². The van der Waals surface area contributed by atoms with Crippen LogP contribution in [0.5, 0.6) is 0 Å². The van der Waals surface area contributed by atoms with Crippen LogP contribution in [0.2, 0.25) is 0 Å². The zero-order valence-electron chi connectivity index (χ0n) is 14.9. The van der Waals surface area contributed by atoms with Gasteiger partial charge in [0.25, 0.3) is 5.91 Å². The zero-order valence-corrected chi connectivity index (χ0v) is 14.9. The molecule has 0 unspecified atom stereocenters. The number of halogens is 1. The van der Waals surface area contributed by atoms with E-state index in [9.17, 15) is 9.18 Å². The number of amides is 1. The number of benzene rings is 1. The van der Waals surface area contributed by atoms with E-state index in [1.165, 1.54) is 12.1 Å². The molecule has 7 heteroatoms. The summed E-state index contributed by atoms with van der Waals surface area (Å²) >= 11 is 0. The molecule has 0 bridgehead atoms. The fraction of sp³-hybridized carbons (Fsp3) is 0.250. The number of pyridine rings is 1. The largest absolute Gasteiger partial charge is 0.370 e. The highest BCUT2D eigenvalue weighted by molar-refractivity contribution is 5.95. The summed E-state index contributed by atoms with van der Waals surface area (Å²) in [6, 6.07) is 11.7. The van der Waals surface area contributed by atoms with Crippen LogP contribution in [0.15, 0.2) is 54.9 Å². The lowest BCUT2D eigenvalue weighted by Gasteiger charge is -2.33. The molecule has 27 heavy (non-hydrogen) atoms. The maximum atomic E-state index is 13.1. The van der Waals surface area contributed by atoms with Crippen molar-refractivity contribution in [2.24, 2.45) is 0 Å². The molecule has 1 amide bonds. The summed E-state index contributed by atoms with van der Waals surface area (Å²) < 4.78 is 20.6. The zero-order chi connectivity index (χ0) is 18.8. The van der Waals surface area contributed by atoms with Gasteiger partial charge in [-0.15, -0.1) is 0 Å². The van der Waals surface area contributed by atoms with E-state index in [4.69, 9.17) is 4.74 Å². The highest BCUT2D eigenvalue weighted by atomic mass is 19.1. The lowest BCUT2D eigenvalue weighted by Crippen LogP contribution is -2.42. The van der Waals surface area contributed by atoms with Crippen LogP contribution in [0.25, 0.3) is 5.82 Å². The normalized spacial score (nSPS) is 17.1. The van der Waals surface area contributed by atoms with E-state index >= 15 is 0 Å². The van der Waals surface area contributed by atoms with Gasteiger partial charge in [-0.2, -0.15) is 5.10 Å². The van der Waals surface area contributed by atoms with Crippen molar-refractivity contribution in [3.63, 3.8) is 0 Å². The van der Waals surface area contributed by atoms with Gasteiger partial charge in [0.1, 0.15) is 11.9 Å². The number of carbonyl (C=O) groups is 1. The standard InChI is InChI=1S/C20H19FN4O2/c1-14-17(12-23-25(14)19-4-2-3-9-22-19)20(26)24-10-11-27-18(13-24)15-5-7-16(21)8-6-15/h2-9,12,18H,10-11,13H2,1H3/t18-/m0/s1. The number of hydrogen-bond donors (Lipinski definition) is 0. The van der Waals surface area contributed by atoms with E-state index in [2.05, 4.69) is 10.1 Å². The molecule has 1 aromatic carbocycles. The summed E-state index contributed by atoms with van der Waals surface area (Å²) in [6.07, 6.45) is 3.00. The second kappa shape index (κ2) is 7.28. The van der Waals surface area contributed by atoms with Crippen molar-refractivity contribution in [1.82, 2.24) is 19.7 Å². The van der Waals surface area contributed by atoms with E-state index in [0.29, 0.717) is 31.1 Å². The summed E-state index contributed by atoms with van der Waals surface area (Å²) in [4.78, 5) is 19.1. The molecule has 1 aliphatic heterocycles. The number of carbonyl (C=O) groups excluding carboxylic acids is 1. The van der Waals surface area contributed by atoms with Gasteiger partial charge in [0.15, 0.2) is 5.82 Å². The molecule has 1 saturated heterocycles. The molecule has 1 aliphatic rings. The molecule has 4 rings (SSSR count). The van der Waals surface area contributed by atoms with Crippen LogP contribution < -0.4 is 0 Å². The minimum Gasteiger partial charge on any atom is -0.370 e. The quantitative estimate of drug-likeness (QED) is 0.715. The van der Waals surface area contributed by atoms with Gasteiger partial charge in [-0.3, -0.25) is 4.79 Å². The molecule has 6 nitrogen and oxygen atoms in total. The Labute approximate surface area is 156 Å². The molecule has 0 radical (unpaired) electrons. The van der Waals surface area contributed by atoms with Crippen LogP contribution in [0.4, 0.5) is 4.39 Å². The highest BCUT2D eigenvalue weighted by Crippen LogP contribution is 2.24. The number of ether oxygens (including phenoxy) is 1. The first-order valence-corrected chi connectivity index (χ1v) is 8.76. The molecule has 2 aromatic heterocycles. The fourth-order valence-corrected chi connectivity index (χ4v) is 3.21. The molecule has 0 spiro atoms. The van der Waals surface area contributed by atoms with Crippen molar-refractivity contribution in [2.75, 3.05) is 19.7 Å². The Balaban J connectivity index is 1.54. The van der Waals surface area contributed by atoms with Crippen LogP contribution in [0, 0.1) is 12.7 Å². The van der Waals surface area contributed by atoms with Gasteiger partial charge >= 0.3 is 0 Å². The Kier molecular flexibility index (Phi) is 4.68. The molecular formula is C20H19FN4O2. The summed E-state index contributed by atoms with van der Waals surface area (Å²) in [6.45, 7) is 3.21. The van der Waals surface area contributed by atoms with Gasteiger partial charge in [-0.05, 0) is 36.8 Å². The third kappa shape index (κ3) is 3.46. The number of nitrogens with zero attached hydrogens (tertiary/aromatic N) is 4. The van der Waals surface area contributed by atoms with Crippen LogP contribution in [0.3, 0.4) is 0 Å². The van der Waals surface area contributed by atoms with Crippen molar-refractivity contribution in [2.45, 2.75) is 13.0 Å². The van der Waals surface area contributed by atoms with Crippen molar-refractivity contribution in [3.05, 3.63) is 77.5 Å². The summed E-state index contributed by atoms with van der Waals surface area (Å²) in [5, 5.41) is 4.32. The lowest BCUT2D eigenvalue weighted by atomic mass is 10.1. The van der Waals surface area contributed by atoms with E-state index in [1.54, 1.807) is 34.1 Å². The Morgan fingerprint density at radius 3 is 2.78 bits per heavy atom. The van der Waals surface area contributed by atoms with E-state index < -0.39 is 0 Å². The summed E-state index contributed by atoms with van der Waals surface area (Å²) in [7, 11) is 0. The Morgan fingerprint density at radius 2 is 2.04 bits per heavy atom. The Bertz CT molecular complexity index is 940. The van der Waals surface area contributed by atoms with Crippen LogP contribution in [-0.2, 0) is 4.74 Å². The summed E-state index contributed by atoms with van der Waals surface area (Å²) in [5.41, 5.74) is 2.14. The smallest absolute Gasteiger partial charge is 0.257 e. The van der Waals surface area contributed by atoms with Gasteiger partial charge in [0.05, 0.1) is 30.6 Å². The number of morpholine rings is 1. The minimum atomic E-state index is -0.292. The Morgan fingerprint density at radius 1 is 1.22 bits per heavy atom. The van der Waals surface area contributed by atoms with Crippen molar-refractivity contribution < 1.29 is 13.9 Å². The molecule has 138 valence electrons. The lowest BCUT2D eigenvalue weighted by molar-refractivity contribution is -0.0228. The van der Waals surface area contributed by atoms with Crippen LogP contribution in [0.1, 0.15) is 27.7 Å². The van der Waals surface area contributed by atoms with Crippen molar-refractivity contribution in [1.29, 1.82) is 0 Å². The second-order valence-corrected chi connectivity index (χ2v) is 6.41. The average Bonchev–Trinajstić information content (AvgIpc) is 3.10. The van der Waals surface area contributed by atoms with Gasteiger partial charge < -0.3 is 9.64 Å². The van der Waals surface area contributed by atoms with Crippen molar-refractivity contribution in [3.8, 4) is 5.82 Å². The van der Waals surface area contributed by atoms with Gasteiger partial charge in [0.2, 0.25) is 0 Å². The van der Waals surface area contributed by atoms with Gasteiger partial charge in [-0.1, -0.05) is 18.2 Å². The molecule has 0 N–H and O–H groups in total. The number of rotatable bonds is 3. The highest BCUT2D eigenvalue weighted by Gasteiger charge is 2.28. The first kappa shape index (κ1) is 17.4. The van der Waals surface area contributed by atoms with Gasteiger partial charge in [-0.25, -0.2) is 14.1 Å². The molecule has 3 aromatic rings. The number of aromatic nitrogens is 3. The molecular weight excluding hydrogens is 347 g/mol. The predicted octanol–water partition coefficient (Wildman–Crippen LogP) is 2.93. The maximum absolute atomic E-state index is 13.1.